The van der Waals surface area contributed by atoms with Gasteiger partial charge in [0.15, 0.2) is 0 Å². The van der Waals surface area contributed by atoms with Crippen molar-refractivity contribution < 1.29 is 19.0 Å². The monoisotopic (exact) mass is 296 g/mol. The van der Waals surface area contributed by atoms with Crippen molar-refractivity contribution in [3.05, 3.63) is 23.9 Å². The third-order valence-corrected chi connectivity index (χ3v) is 2.73. The SMILES string of the molecule is CCOC(=O)c1ccc(NCCCCOCCOC)nc1. The van der Waals surface area contributed by atoms with E-state index in [2.05, 4.69) is 10.3 Å². The number of pyridine rings is 1. The van der Waals surface area contributed by atoms with Crippen molar-refractivity contribution in [1.82, 2.24) is 4.98 Å². The number of unbranched alkanes of at least 4 members (excludes halogenated alkanes) is 1. The van der Waals surface area contributed by atoms with Crippen molar-refractivity contribution in [2.45, 2.75) is 19.8 Å². The Balaban J connectivity index is 2.14. The van der Waals surface area contributed by atoms with E-state index in [1.54, 1.807) is 26.2 Å². The Kier molecular flexibility index (Phi) is 9.15. The molecule has 0 unspecified atom stereocenters. The van der Waals surface area contributed by atoms with Gasteiger partial charge in [-0.05, 0) is 31.9 Å². The average Bonchev–Trinajstić information content (AvgIpc) is 2.51. The van der Waals surface area contributed by atoms with E-state index in [-0.39, 0.29) is 5.97 Å². The molecular weight excluding hydrogens is 272 g/mol. The molecule has 0 aliphatic heterocycles. The molecule has 118 valence electrons. The summed E-state index contributed by atoms with van der Waals surface area (Å²) in [5, 5.41) is 3.20. The van der Waals surface area contributed by atoms with Crippen LogP contribution < -0.4 is 5.32 Å². The lowest BCUT2D eigenvalue weighted by Crippen LogP contribution is -2.08. The molecule has 0 fully saturated rings. The molecule has 1 aromatic rings. The first-order chi connectivity index (χ1) is 10.3. The van der Waals surface area contributed by atoms with Crippen LogP contribution in [-0.2, 0) is 14.2 Å². The first kappa shape index (κ1) is 17.4. The minimum absolute atomic E-state index is 0.343. The summed E-state index contributed by atoms with van der Waals surface area (Å²) >= 11 is 0. The normalized spacial score (nSPS) is 10.4. The zero-order valence-electron chi connectivity index (χ0n) is 12.8. The van der Waals surface area contributed by atoms with E-state index in [9.17, 15) is 4.79 Å². The topological polar surface area (TPSA) is 69.7 Å². The van der Waals surface area contributed by atoms with Crippen molar-refractivity contribution in [3.8, 4) is 0 Å². The summed E-state index contributed by atoms with van der Waals surface area (Å²) in [6.45, 7) is 4.97. The fourth-order valence-corrected chi connectivity index (χ4v) is 1.62. The number of carbonyl (C=O) groups excluding carboxylic acids is 1. The van der Waals surface area contributed by atoms with Crippen molar-refractivity contribution in [2.75, 3.05) is 45.4 Å². The number of nitrogens with one attached hydrogen (secondary N) is 1. The van der Waals surface area contributed by atoms with E-state index in [4.69, 9.17) is 14.2 Å². The second kappa shape index (κ2) is 11.0. The molecule has 0 aliphatic carbocycles. The molecule has 1 aromatic heterocycles. The molecule has 0 atom stereocenters. The highest BCUT2D eigenvalue weighted by Crippen LogP contribution is 2.06. The van der Waals surface area contributed by atoms with E-state index in [0.717, 1.165) is 31.8 Å². The van der Waals surface area contributed by atoms with Gasteiger partial charge in [0.1, 0.15) is 5.82 Å². The van der Waals surface area contributed by atoms with Gasteiger partial charge in [0.05, 0.1) is 25.4 Å². The van der Waals surface area contributed by atoms with Gasteiger partial charge in [-0.2, -0.15) is 0 Å². The molecule has 0 radical (unpaired) electrons. The Morgan fingerprint density at radius 3 is 2.76 bits per heavy atom. The van der Waals surface area contributed by atoms with Gasteiger partial charge in [0.2, 0.25) is 0 Å². The van der Waals surface area contributed by atoms with E-state index in [1.807, 2.05) is 0 Å². The molecule has 6 nitrogen and oxygen atoms in total. The zero-order chi connectivity index (χ0) is 15.3. The molecule has 1 N–H and O–H groups in total. The standard InChI is InChI=1S/C15H24N2O4/c1-3-21-15(18)13-6-7-14(17-12-13)16-8-4-5-9-20-11-10-19-2/h6-7,12H,3-5,8-11H2,1-2H3,(H,16,17). The largest absolute Gasteiger partial charge is 0.462 e. The summed E-state index contributed by atoms with van der Waals surface area (Å²) in [5.41, 5.74) is 0.467. The van der Waals surface area contributed by atoms with Crippen LogP contribution in [0.3, 0.4) is 0 Å². The number of aromatic nitrogens is 1. The maximum absolute atomic E-state index is 11.5. The molecule has 0 saturated carbocycles. The van der Waals surface area contributed by atoms with Crippen LogP contribution in [-0.4, -0.2) is 51.0 Å². The number of ether oxygens (including phenoxy) is 3. The predicted molar refractivity (Wildman–Crippen MR) is 80.6 cm³/mol. The molecule has 1 heterocycles. The minimum atomic E-state index is -0.343. The van der Waals surface area contributed by atoms with Gasteiger partial charge in [-0.1, -0.05) is 0 Å². The highest BCUT2D eigenvalue weighted by atomic mass is 16.5. The van der Waals surface area contributed by atoms with Crippen LogP contribution in [0.15, 0.2) is 18.3 Å². The molecule has 6 heteroatoms. The highest BCUT2D eigenvalue weighted by Gasteiger charge is 2.06. The summed E-state index contributed by atoms with van der Waals surface area (Å²) in [5.74, 6) is 0.410. The smallest absolute Gasteiger partial charge is 0.339 e. The third kappa shape index (κ3) is 7.63. The Labute approximate surface area is 125 Å². The maximum Gasteiger partial charge on any atom is 0.339 e. The van der Waals surface area contributed by atoms with E-state index in [1.165, 1.54) is 6.20 Å². The lowest BCUT2D eigenvalue weighted by atomic mass is 10.3. The van der Waals surface area contributed by atoms with Crippen LogP contribution in [0.25, 0.3) is 0 Å². The van der Waals surface area contributed by atoms with E-state index >= 15 is 0 Å². The van der Waals surface area contributed by atoms with Crippen LogP contribution >= 0.6 is 0 Å². The van der Waals surface area contributed by atoms with Crippen LogP contribution in [0.1, 0.15) is 30.1 Å². The van der Waals surface area contributed by atoms with Crippen LogP contribution in [0.5, 0.6) is 0 Å². The van der Waals surface area contributed by atoms with Gasteiger partial charge in [-0.15, -0.1) is 0 Å². The lowest BCUT2D eigenvalue weighted by molar-refractivity contribution is 0.0526. The molecular formula is C15H24N2O4. The minimum Gasteiger partial charge on any atom is -0.462 e. The lowest BCUT2D eigenvalue weighted by Gasteiger charge is -2.07. The van der Waals surface area contributed by atoms with Gasteiger partial charge in [0.25, 0.3) is 0 Å². The number of nitrogens with zero attached hydrogens (tertiary/aromatic N) is 1. The van der Waals surface area contributed by atoms with Crippen LogP contribution in [0.4, 0.5) is 5.82 Å². The molecule has 21 heavy (non-hydrogen) atoms. The summed E-state index contributed by atoms with van der Waals surface area (Å²) in [6.07, 6.45) is 3.50. The number of anilines is 1. The Morgan fingerprint density at radius 1 is 1.24 bits per heavy atom. The first-order valence-corrected chi connectivity index (χ1v) is 7.21. The Hall–Kier alpha value is -1.66. The molecule has 0 aliphatic rings. The molecule has 0 saturated heterocycles. The fourth-order valence-electron chi connectivity index (χ4n) is 1.62. The number of hydrogen-bond donors (Lipinski definition) is 1. The molecule has 0 bridgehead atoms. The number of hydrogen-bond acceptors (Lipinski definition) is 6. The van der Waals surface area contributed by atoms with Gasteiger partial charge in [-0.3, -0.25) is 0 Å². The van der Waals surface area contributed by atoms with Gasteiger partial charge in [0, 0.05) is 26.5 Å². The fraction of sp³-hybridized carbons (Fsp3) is 0.600. The highest BCUT2D eigenvalue weighted by molar-refractivity contribution is 5.89. The average molecular weight is 296 g/mol. The second-order valence-electron chi connectivity index (χ2n) is 4.39. The maximum atomic E-state index is 11.5. The van der Waals surface area contributed by atoms with Gasteiger partial charge in [-0.25, -0.2) is 9.78 Å². The van der Waals surface area contributed by atoms with Crippen molar-refractivity contribution in [2.24, 2.45) is 0 Å². The second-order valence-corrected chi connectivity index (χ2v) is 4.39. The summed E-state index contributed by atoms with van der Waals surface area (Å²) < 4.78 is 15.2. The predicted octanol–water partition coefficient (Wildman–Crippen LogP) is 2.11. The molecule has 1 rings (SSSR count). The summed E-state index contributed by atoms with van der Waals surface area (Å²) in [7, 11) is 1.66. The van der Waals surface area contributed by atoms with E-state index in [0.29, 0.717) is 25.4 Å². The molecule has 0 amide bonds. The Morgan fingerprint density at radius 2 is 2.10 bits per heavy atom. The summed E-state index contributed by atoms with van der Waals surface area (Å²) in [6, 6.07) is 3.49. The number of methoxy groups -OCH3 is 1. The Bertz CT molecular complexity index is 395. The van der Waals surface area contributed by atoms with Gasteiger partial charge >= 0.3 is 5.97 Å². The zero-order valence-corrected chi connectivity index (χ0v) is 12.8. The van der Waals surface area contributed by atoms with Crippen molar-refractivity contribution >= 4 is 11.8 Å². The first-order valence-electron chi connectivity index (χ1n) is 7.21. The van der Waals surface area contributed by atoms with Crippen LogP contribution in [0, 0.1) is 0 Å². The number of esters is 1. The van der Waals surface area contributed by atoms with Gasteiger partial charge < -0.3 is 19.5 Å². The quantitative estimate of drug-likeness (QED) is 0.498. The summed E-state index contributed by atoms with van der Waals surface area (Å²) in [4.78, 5) is 15.6. The molecule has 0 spiro atoms. The molecule has 0 aromatic carbocycles. The number of rotatable bonds is 11. The van der Waals surface area contributed by atoms with Crippen molar-refractivity contribution in [1.29, 1.82) is 0 Å². The third-order valence-electron chi connectivity index (χ3n) is 2.73. The van der Waals surface area contributed by atoms with E-state index < -0.39 is 0 Å². The van der Waals surface area contributed by atoms with Crippen LogP contribution in [0.2, 0.25) is 0 Å². The number of carbonyl (C=O) groups is 1. The van der Waals surface area contributed by atoms with Crippen molar-refractivity contribution in [3.63, 3.8) is 0 Å².